The number of rotatable bonds is 2. The van der Waals surface area contributed by atoms with E-state index in [1.807, 2.05) is 0 Å². The van der Waals surface area contributed by atoms with Crippen molar-refractivity contribution in [3.63, 3.8) is 0 Å². The Balaban J connectivity index is 2.49. The fourth-order valence-electron chi connectivity index (χ4n) is 1.19. The molecule has 0 aliphatic carbocycles. The summed E-state index contributed by atoms with van der Waals surface area (Å²) in [5.74, 6) is -0.105. The predicted molar refractivity (Wildman–Crippen MR) is 41.6 cm³/mol. The van der Waals surface area contributed by atoms with Crippen LogP contribution in [0.15, 0.2) is 0 Å². The maximum absolute atomic E-state index is 11.1. The van der Waals surface area contributed by atoms with Gasteiger partial charge in [-0.15, -0.1) is 0 Å². The van der Waals surface area contributed by atoms with Crippen LogP contribution in [0, 0.1) is 0 Å². The predicted octanol–water partition coefficient (Wildman–Crippen LogP) is -0.645. The third-order valence-electron chi connectivity index (χ3n) is 2.00. The topological polar surface area (TPSA) is 72.6 Å². The molecule has 1 atom stereocenters. The Morgan fingerprint density at radius 2 is 2.33 bits per heavy atom. The Morgan fingerprint density at radius 3 is 2.67 bits per heavy atom. The summed E-state index contributed by atoms with van der Waals surface area (Å²) < 4.78 is 4.47. The van der Waals surface area contributed by atoms with Gasteiger partial charge in [0.25, 0.3) is 0 Å². The largest absolute Gasteiger partial charge is 0.453 e. The minimum atomic E-state index is -0.451. The Morgan fingerprint density at radius 1 is 1.67 bits per heavy atom. The summed E-state index contributed by atoms with van der Waals surface area (Å²) in [6.07, 6.45) is 0.249. The minimum absolute atomic E-state index is 0.0157. The van der Waals surface area contributed by atoms with E-state index >= 15 is 0 Å². The van der Waals surface area contributed by atoms with E-state index < -0.39 is 6.09 Å². The third kappa shape index (κ3) is 1.40. The minimum Gasteiger partial charge on any atom is -0.453 e. The van der Waals surface area contributed by atoms with Crippen molar-refractivity contribution in [2.24, 2.45) is 5.73 Å². The van der Waals surface area contributed by atoms with Crippen molar-refractivity contribution in [1.29, 1.82) is 0 Å². The van der Waals surface area contributed by atoms with Crippen LogP contribution < -0.4 is 5.73 Å². The van der Waals surface area contributed by atoms with Crippen LogP contribution in [-0.4, -0.2) is 43.0 Å². The average Bonchev–Trinajstić information content (AvgIpc) is 2.02. The van der Waals surface area contributed by atoms with Crippen molar-refractivity contribution in [2.75, 3.05) is 20.2 Å². The molecule has 1 rings (SSSR count). The van der Waals surface area contributed by atoms with Crippen LogP contribution in [0.5, 0.6) is 0 Å². The molecule has 68 valence electrons. The highest BCUT2D eigenvalue weighted by Crippen LogP contribution is 2.18. The maximum atomic E-state index is 11.1. The molecule has 0 aromatic carbocycles. The van der Waals surface area contributed by atoms with E-state index in [0.717, 1.165) is 0 Å². The summed E-state index contributed by atoms with van der Waals surface area (Å²) in [6.45, 7) is 0.571. The molecular weight excluding hydrogens is 160 g/mol. The first-order valence-electron chi connectivity index (χ1n) is 3.78. The second kappa shape index (κ2) is 3.53. The van der Waals surface area contributed by atoms with Gasteiger partial charge in [0.2, 0.25) is 0 Å². The molecule has 5 heteroatoms. The van der Waals surface area contributed by atoms with E-state index in [-0.39, 0.29) is 18.4 Å². The molecule has 5 nitrogen and oxygen atoms in total. The fourth-order valence-corrected chi connectivity index (χ4v) is 1.19. The highest BCUT2D eigenvalue weighted by molar-refractivity contribution is 5.90. The Bertz CT molecular complexity index is 183. The molecule has 1 aliphatic heterocycles. The molecule has 2 N–H and O–H groups in total. The van der Waals surface area contributed by atoms with Crippen LogP contribution in [0.1, 0.15) is 6.42 Å². The maximum Gasteiger partial charge on any atom is 0.410 e. The standard InChI is InChI=1S/C7H12N2O3/c1-12-7(11)9-3-2-5(9)6(10)4-8/h5H,2-4,8H2,1H3. The fraction of sp³-hybridized carbons (Fsp3) is 0.714. The molecule has 0 aromatic heterocycles. The zero-order valence-corrected chi connectivity index (χ0v) is 6.95. The zero-order chi connectivity index (χ0) is 9.14. The number of ether oxygens (including phenoxy) is 1. The molecule has 1 aliphatic rings. The van der Waals surface area contributed by atoms with Gasteiger partial charge in [0.15, 0.2) is 5.78 Å². The van der Waals surface area contributed by atoms with Crippen molar-refractivity contribution in [3.05, 3.63) is 0 Å². The van der Waals surface area contributed by atoms with Gasteiger partial charge in [-0.2, -0.15) is 0 Å². The monoisotopic (exact) mass is 172 g/mol. The lowest BCUT2D eigenvalue weighted by Gasteiger charge is -2.38. The van der Waals surface area contributed by atoms with Gasteiger partial charge in [-0.05, 0) is 6.42 Å². The summed E-state index contributed by atoms with van der Waals surface area (Å²) in [7, 11) is 1.30. The lowest BCUT2D eigenvalue weighted by molar-refractivity contribution is -0.126. The van der Waals surface area contributed by atoms with Crippen molar-refractivity contribution in [2.45, 2.75) is 12.5 Å². The van der Waals surface area contributed by atoms with Crippen LogP contribution in [0.4, 0.5) is 4.79 Å². The number of nitrogens with zero attached hydrogens (tertiary/aromatic N) is 1. The smallest absolute Gasteiger partial charge is 0.410 e. The van der Waals surface area contributed by atoms with Gasteiger partial charge in [0, 0.05) is 6.54 Å². The van der Waals surface area contributed by atoms with E-state index in [1.54, 1.807) is 0 Å². The third-order valence-corrected chi connectivity index (χ3v) is 2.00. The zero-order valence-electron chi connectivity index (χ0n) is 6.95. The van der Waals surface area contributed by atoms with Gasteiger partial charge in [-0.3, -0.25) is 9.69 Å². The first-order chi connectivity index (χ1) is 5.70. The first kappa shape index (κ1) is 8.99. The van der Waals surface area contributed by atoms with Gasteiger partial charge in [-0.25, -0.2) is 4.79 Å². The molecule has 1 unspecified atom stereocenters. The van der Waals surface area contributed by atoms with Gasteiger partial charge < -0.3 is 10.5 Å². The molecule has 12 heavy (non-hydrogen) atoms. The van der Waals surface area contributed by atoms with Crippen LogP contribution in [0.25, 0.3) is 0 Å². The normalized spacial score (nSPS) is 21.5. The number of ketones is 1. The number of Topliss-reactive ketones (excluding diaryl/α,β-unsaturated/α-hetero) is 1. The summed E-state index contributed by atoms with van der Waals surface area (Å²) in [6, 6.07) is -0.345. The average molecular weight is 172 g/mol. The number of hydrogen-bond acceptors (Lipinski definition) is 4. The number of methoxy groups -OCH3 is 1. The van der Waals surface area contributed by atoms with Crippen LogP contribution in [-0.2, 0) is 9.53 Å². The SMILES string of the molecule is COC(=O)N1CCC1C(=O)CN. The highest BCUT2D eigenvalue weighted by Gasteiger charge is 2.37. The molecule has 1 fully saturated rings. The number of carbonyl (C=O) groups excluding carboxylic acids is 2. The van der Waals surface area contributed by atoms with Gasteiger partial charge in [0.1, 0.15) is 0 Å². The van der Waals surface area contributed by atoms with Crippen LogP contribution in [0.2, 0.25) is 0 Å². The molecule has 0 bridgehead atoms. The van der Waals surface area contributed by atoms with E-state index in [1.165, 1.54) is 12.0 Å². The summed E-state index contributed by atoms with van der Waals surface area (Å²) in [5.41, 5.74) is 5.16. The summed E-state index contributed by atoms with van der Waals surface area (Å²) in [5, 5.41) is 0. The highest BCUT2D eigenvalue weighted by atomic mass is 16.5. The van der Waals surface area contributed by atoms with Crippen molar-refractivity contribution >= 4 is 11.9 Å². The molecule has 0 spiro atoms. The quantitative estimate of drug-likeness (QED) is 0.601. The second-order valence-corrected chi connectivity index (χ2v) is 2.64. The van der Waals surface area contributed by atoms with E-state index in [9.17, 15) is 9.59 Å². The number of nitrogens with two attached hydrogens (primary N) is 1. The molecule has 1 amide bonds. The number of likely N-dealkylation sites (tertiary alicyclic amines) is 1. The molecule has 0 radical (unpaired) electrons. The van der Waals surface area contributed by atoms with Gasteiger partial charge in [-0.1, -0.05) is 0 Å². The summed E-state index contributed by atoms with van der Waals surface area (Å²) in [4.78, 5) is 23.4. The van der Waals surface area contributed by atoms with E-state index in [2.05, 4.69) is 4.74 Å². The Hall–Kier alpha value is -1.10. The van der Waals surface area contributed by atoms with Gasteiger partial charge in [0.05, 0.1) is 19.7 Å². The molecule has 0 aromatic rings. The van der Waals surface area contributed by atoms with Crippen molar-refractivity contribution in [3.8, 4) is 0 Å². The molecule has 1 saturated heterocycles. The van der Waals surface area contributed by atoms with Crippen LogP contribution in [0.3, 0.4) is 0 Å². The first-order valence-corrected chi connectivity index (χ1v) is 3.78. The van der Waals surface area contributed by atoms with Crippen LogP contribution >= 0.6 is 0 Å². The number of carbonyl (C=O) groups is 2. The molecule has 0 saturated carbocycles. The van der Waals surface area contributed by atoms with Gasteiger partial charge >= 0.3 is 6.09 Å². The van der Waals surface area contributed by atoms with E-state index in [4.69, 9.17) is 5.73 Å². The lowest BCUT2D eigenvalue weighted by atomic mass is 9.99. The lowest BCUT2D eigenvalue weighted by Crippen LogP contribution is -2.56. The second-order valence-electron chi connectivity index (χ2n) is 2.64. The van der Waals surface area contributed by atoms with Crippen molar-refractivity contribution in [1.82, 2.24) is 4.90 Å². The Labute approximate surface area is 70.5 Å². The van der Waals surface area contributed by atoms with E-state index in [0.29, 0.717) is 13.0 Å². The van der Waals surface area contributed by atoms with Crippen molar-refractivity contribution < 1.29 is 14.3 Å². The number of hydrogen-bond donors (Lipinski definition) is 1. The summed E-state index contributed by atoms with van der Waals surface area (Å²) >= 11 is 0. The molecule has 1 heterocycles. The Kier molecular flexibility index (Phi) is 2.65. The molecular formula is C7H12N2O3. The number of amides is 1.